The summed E-state index contributed by atoms with van der Waals surface area (Å²) in [5.41, 5.74) is 0.754. The van der Waals surface area contributed by atoms with Gasteiger partial charge in [0.15, 0.2) is 0 Å². The molecule has 1 atom stereocenters. The van der Waals surface area contributed by atoms with Gasteiger partial charge in [-0.05, 0) is 40.2 Å². The largest absolute Gasteiger partial charge is 0.497 e. The maximum atomic E-state index is 12.1. The van der Waals surface area contributed by atoms with Gasteiger partial charge >= 0.3 is 0 Å². The first-order valence-electron chi connectivity index (χ1n) is 6.21. The Labute approximate surface area is 126 Å². The van der Waals surface area contributed by atoms with Gasteiger partial charge < -0.3 is 10.1 Å². The minimum absolute atomic E-state index is 0.0400. The SMILES string of the molecule is COc1ccc(NC(=O)[C@@H](C)Cn2cc(Br)cn2)cc1. The van der Waals surface area contributed by atoms with Crippen LogP contribution in [0.25, 0.3) is 0 Å². The molecule has 6 heteroatoms. The number of hydrogen-bond acceptors (Lipinski definition) is 3. The fraction of sp³-hybridized carbons (Fsp3) is 0.286. The third-order valence-electron chi connectivity index (χ3n) is 2.87. The summed E-state index contributed by atoms with van der Waals surface area (Å²) < 4.78 is 7.72. The molecule has 1 heterocycles. The van der Waals surface area contributed by atoms with Crippen molar-refractivity contribution >= 4 is 27.5 Å². The maximum absolute atomic E-state index is 12.1. The van der Waals surface area contributed by atoms with Crippen LogP contribution in [0.2, 0.25) is 0 Å². The molecule has 0 unspecified atom stereocenters. The molecule has 1 aromatic carbocycles. The van der Waals surface area contributed by atoms with Crippen molar-refractivity contribution in [2.75, 3.05) is 12.4 Å². The first kappa shape index (κ1) is 14.6. The van der Waals surface area contributed by atoms with Crippen molar-refractivity contribution in [3.63, 3.8) is 0 Å². The van der Waals surface area contributed by atoms with E-state index in [-0.39, 0.29) is 11.8 Å². The highest BCUT2D eigenvalue weighted by Gasteiger charge is 2.14. The van der Waals surface area contributed by atoms with E-state index in [1.807, 2.05) is 37.4 Å². The number of amides is 1. The molecule has 106 valence electrons. The van der Waals surface area contributed by atoms with Crippen molar-refractivity contribution in [3.05, 3.63) is 41.1 Å². The van der Waals surface area contributed by atoms with Crippen LogP contribution in [0.15, 0.2) is 41.1 Å². The molecule has 5 nitrogen and oxygen atoms in total. The van der Waals surface area contributed by atoms with Crippen molar-refractivity contribution in [2.45, 2.75) is 13.5 Å². The topological polar surface area (TPSA) is 56.1 Å². The molecular formula is C14H16BrN3O2. The van der Waals surface area contributed by atoms with E-state index in [1.54, 1.807) is 18.0 Å². The average molecular weight is 338 g/mol. The molecule has 0 aliphatic rings. The zero-order valence-electron chi connectivity index (χ0n) is 11.3. The lowest BCUT2D eigenvalue weighted by Gasteiger charge is -2.12. The second kappa shape index (κ2) is 6.56. The lowest BCUT2D eigenvalue weighted by atomic mass is 10.1. The molecule has 20 heavy (non-hydrogen) atoms. The number of halogens is 1. The van der Waals surface area contributed by atoms with E-state index in [0.29, 0.717) is 6.54 Å². The monoisotopic (exact) mass is 337 g/mol. The van der Waals surface area contributed by atoms with Crippen LogP contribution < -0.4 is 10.1 Å². The summed E-state index contributed by atoms with van der Waals surface area (Å²) >= 11 is 3.33. The van der Waals surface area contributed by atoms with E-state index in [4.69, 9.17) is 4.74 Å². The van der Waals surface area contributed by atoms with E-state index < -0.39 is 0 Å². The van der Waals surface area contributed by atoms with Crippen molar-refractivity contribution in [1.82, 2.24) is 9.78 Å². The maximum Gasteiger partial charge on any atom is 0.229 e. The number of anilines is 1. The number of nitrogens with one attached hydrogen (secondary N) is 1. The fourth-order valence-corrected chi connectivity index (χ4v) is 2.07. The van der Waals surface area contributed by atoms with Crippen molar-refractivity contribution in [3.8, 4) is 5.75 Å². The van der Waals surface area contributed by atoms with E-state index >= 15 is 0 Å². The van der Waals surface area contributed by atoms with Crippen molar-refractivity contribution in [2.24, 2.45) is 5.92 Å². The number of methoxy groups -OCH3 is 1. The molecule has 0 saturated carbocycles. The molecule has 1 aromatic heterocycles. The van der Waals surface area contributed by atoms with Crippen LogP contribution in [0.3, 0.4) is 0 Å². The van der Waals surface area contributed by atoms with E-state index in [1.165, 1.54) is 0 Å². The van der Waals surface area contributed by atoms with Gasteiger partial charge in [0.05, 0.1) is 30.2 Å². The molecule has 0 fully saturated rings. The Morgan fingerprint density at radius 2 is 2.15 bits per heavy atom. The Hall–Kier alpha value is -1.82. The molecule has 0 bridgehead atoms. The van der Waals surface area contributed by atoms with Crippen LogP contribution in [0.1, 0.15) is 6.92 Å². The Balaban J connectivity index is 1.93. The third kappa shape index (κ3) is 3.84. The standard InChI is InChI=1S/C14H16BrN3O2/c1-10(8-18-9-11(15)7-16-18)14(19)17-12-3-5-13(20-2)6-4-12/h3-7,9-10H,8H2,1-2H3,(H,17,19)/t10-/m0/s1. The summed E-state index contributed by atoms with van der Waals surface area (Å²) in [6.45, 7) is 2.40. The summed E-state index contributed by atoms with van der Waals surface area (Å²) in [6, 6.07) is 7.25. The number of rotatable bonds is 5. The van der Waals surface area contributed by atoms with Crippen LogP contribution in [-0.2, 0) is 11.3 Å². The summed E-state index contributed by atoms with van der Waals surface area (Å²) in [7, 11) is 1.61. The highest BCUT2D eigenvalue weighted by Crippen LogP contribution is 2.16. The number of aromatic nitrogens is 2. The predicted octanol–water partition coefficient (Wildman–Crippen LogP) is 2.93. The lowest BCUT2D eigenvalue weighted by Crippen LogP contribution is -2.24. The molecule has 2 aromatic rings. The average Bonchev–Trinajstić information content (AvgIpc) is 2.85. The van der Waals surface area contributed by atoms with E-state index in [0.717, 1.165) is 15.9 Å². The second-order valence-electron chi connectivity index (χ2n) is 4.50. The first-order valence-corrected chi connectivity index (χ1v) is 7.00. The summed E-state index contributed by atoms with van der Waals surface area (Å²) in [4.78, 5) is 12.1. The fourth-order valence-electron chi connectivity index (χ4n) is 1.74. The molecule has 1 N–H and O–H groups in total. The zero-order chi connectivity index (χ0) is 14.5. The van der Waals surface area contributed by atoms with Crippen LogP contribution >= 0.6 is 15.9 Å². The van der Waals surface area contributed by atoms with Gasteiger partial charge in [0, 0.05) is 11.9 Å². The highest BCUT2D eigenvalue weighted by atomic mass is 79.9. The molecule has 2 rings (SSSR count). The Morgan fingerprint density at radius 1 is 1.45 bits per heavy atom. The van der Waals surface area contributed by atoms with Gasteiger partial charge in [-0.1, -0.05) is 6.92 Å². The normalized spacial score (nSPS) is 11.9. The van der Waals surface area contributed by atoms with Gasteiger partial charge in [0.25, 0.3) is 0 Å². The van der Waals surface area contributed by atoms with Crippen LogP contribution in [0, 0.1) is 5.92 Å². The van der Waals surface area contributed by atoms with Crippen molar-refractivity contribution in [1.29, 1.82) is 0 Å². The van der Waals surface area contributed by atoms with Gasteiger partial charge in [-0.3, -0.25) is 9.48 Å². The Bertz CT molecular complexity index is 580. The number of hydrogen-bond donors (Lipinski definition) is 1. The summed E-state index contributed by atoms with van der Waals surface area (Å²) in [5, 5.41) is 7.01. The zero-order valence-corrected chi connectivity index (χ0v) is 12.9. The number of benzene rings is 1. The molecule has 0 spiro atoms. The molecule has 1 amide bonds. The van der Waals surface area contributed by atoms with E-state index in [2.05, 4.69) is 26.3 Å². The molecule has 0 radical (unpaired) electrons. The molecule has 0 aliphatic carbocycles. The number of nitrogens with zero attached hydrogens (tertiary/aromatic N) is 2. The van der Waals surface area contributed by atoms with Gasteiger partial charge in [0.2, 0.25) is 5.91 Å². The van der Waals surface area contributed by atoms with Crippen molar-refractivity contribution < 1.29 is 9.53 Å². The number of carbonyl (C=O) groups is 1. The minimum Gasteiger partial charge on any atom is -0.497 e. The van der Waals surface area contributed by atoms with Gasteiger partial charge in [-0.25, -0.2) is 0 Å². The Morgan fingerprint density at radius 3 is 2.70 bits per heavy atom. The van der Waals surface area contributed by atoms with Gasteiger partial charge in [0.1, 0.15) is 5.75 Å². The highest BCUT2D eigenvalue weighted by molar-refractivity contribution is 9.10. The smallest absolute Gasteiger partial charge is 0.229 e. The van der Waals surface area contributed by atoms with Crippen LogP contribution in [0.4, 0.5) is 5.69 Å². The predicted molar refractivity (Wildman–Crippen MR) is 80.7 cm³/mol. The number of ether oxygens (including phenoxy) is 1. The van der Waals surface area contributed by atoms with Gasteiger partial charge in [-0.15, -0.1) is 0 Å². The quantitative estimate of drug-likeness (QED) is 0.912. The molecule has 0 aliphatic heterocycles. The minimum atomic E-state index is -0.177. The van der Waals surface area contributed by atoms with Crippen LogP contribution in [-0.4, -0.2) is 22.8 Å². The molecular weight excluding hydrogens is 322 g/mol. The lowest BCUT2D eigenvalue weighted by molar-refractivity contribution is -0.119. The van der Waals surface area contributed by atoms with Crippen LogP contribution in [0.5, 0.6) is 5.75 Å². The molecule has 0 saturated heterocycles. The third-order valence-corrected chi connectivity index (χ3v) is 3.28. The number of carbonyl (C=O) groups excluding carboxylic acids is 1. The van der Waals surface area contributed by atoms with Gasteiger partial charge in [-0.2, -0.15) is 5.10 Å². The first-order chi connectivity index (χ1) is 9.58. The Kier molecular flexibility index (Phi) is 4.79. The van der Waals surface area contributed by atoms with E-state index in [9.17, 15) is 4.79 Å². The summed E-state index contributed by atoms with van der Waals surface area (Å²) in [6.07, 6.45) is 3.55. The summed E-state index contributed by atoms with van der Waals surface area (Å²) in [5.74, 6) is 0.545. The second-order valence-corrected chi connectivity index (χ2v) is 5.42.